The van der Waals surface area contributed by atoms with E-state index >= 15 is 0 Å². The lowest BCUT2D eigenvalue weighted by molar-refractivity contribution is -0.122. The van der Waals surface area contributed by atoms with E-state index in [1.165, 1.54) is 6.07 Å². The molecule has 2 aliphatic rings. The molecule has 144 valence electrons. The summed E-state index contributed by atoms with van der Waals surface area (Å²) >= 11 is 6.22. The van der Waals surface area contributed by atoms with Crippen molar-refractivity contribution in [3.63, 3.8) is 0 Å². The molecule has 1 amide bonds. The Morgan fingerprint density at radius 1 is 1.26 bits per heavy atom. The first-order chi connectivity index (χ1) is 13.1. The Morgan fingerprint density at radius 2 is 2.07 bits per heavy atom. The normalized spacial score (nSPS) is 21.3. The van der Waals surface area contributed by atoms with Crippen molar-refractivity contribution in [3.8, 4) is 0 Å². The zero-order valence-corrected chi connectivity index (χ0v) is 15.7. The number of benzene rings is 1. The molecule has 3 heterocycles. The second-order valence-electron chi connectivity index (χ2n) is 7.11. The van der Waals surface area contributed by atoms with Crippen LogP contribution < -0.4 is 5.32 Å². The zero-order chi connectivity index (χ0) is 18.8. The minimum atomic E-state index is -0.353. The third-order valence-corrected chi connectivity index (χ3v) is 5.66. The molecule has 2 saturated heterocycles. The number of carbonyl (C=O) groups excluding carboxylic acids is 1. The molecule has 0 radical (unpaired) electrons. The van der Waals surface area contributed by atoms with E-state index in [1.54, 1.807) is 16.8 Å². The molecule has 1 aromatic carbocycles. The van der Waals surface area contributed by atoms with Crippen molar-refractivity contribution in [2.45, 2.75) is 44.1 Å². The lowest BCUT2D eigenvalue weighted by atomic mass is 9.97. The summed E-state index contributed by atoms with van der Waals surface area (Å²) in [7, 11) is 0. The molecule has 1 aromatic heterocycles. The van der Waals surface area contributed by atoms with Crippen molar-refractivity contribution >= 4 is 17.5 Å². The van der Waals surface area contributed by atoms with Gasteiger partial charge in [-0.15, -0.1) is 0 Å². The van der Waals surface area contributed by atoms with Crippen molar-refractivity contribution in [2.75, 3.05) is 19.8 Å². The highest BCUT2D eigenvalue weighted by molar-refractivity contribution is 6.31. The van der Waals surface area contributed by atoms with Crippen LogP contribution in [0.5, 0.6) is 0 Å². The standard InChI is InChI=1S/C19H22ClFN4O2/c20-15-2-1-3-16(21)14(15)11-25-19(13-4-5-17(26)22-10-13)23-18(24-25)12-6-8-27-9-7-12/h1-3,12-13H,4-11H2,(H,22,26)/t13-/m0/s1. The monoisotopic (exact) mass is 392 g/mol. The quantitative estimate of drug-likeness (QED) is 0.868. The third kappa shape index (κ3) is 3.99. The fraction of sp³-hybridized carbons (Fsp3) is 0.526. The van der Waals surface area contributed by atoms with E-state index in [9.17, 15) is 9.18 Å². The number of aromatic nitrogens is 3. The van der Waals surface area contributed by atoms with Crippen LogP contribution in [0.15, 0.2) is 18.2 Å². The second-order valence-corrected chi connectivity index (χ2v) is 7.52. The molecule has 1 N–H and O–H groups in total. The Bertz CT molecular complexity index is 805. The number of ether oxygens (including phenoxy) is 1. The van der Waals surface area contributed by atoms with Crippen molar-refractivity contribution in [1.29, 1.82) is 0 Å². The summed E-state index contributed by atoms with van der Waals surface area (Å²) in [6, 6.07) is 4.67. The van der Waals surface area contributed by atoms with Crippen molar-refractivity contribution < 1.29 is 13.9 Å². The van der Waals surface area contributed by atoms with Gasteiger partial charge in [-0.25, -0.2) is 14.1 Å². The topological polar surface area (TPSA) is 69.0 Å². The van der Waals surface area contributed by atoms with Crippen molar-refractivity contribution in [1.82, 2.24) is 20.1 Å². The first kappa shape index (κ1) is 18.4. The molecule has 0 aliphatic carbocycles. The van der Waals surface area contributed by atoms with Gasteiger partial charge in [0.15, 0.2) is 5.82 Å². The van der Waals surface area contributed by atoms with Crippen LogP contribution in [0, 0.1) is 5.82 Å². The van der Waals surface area contributed by atoms with Crippen LogP contribution in [0.2, 0.25) is 5.02 Å². The van der Waals surface area contributed by atoms with Crippen LogP contribution in [0.3, 0.4) is 0 Å². The zero-order valence-electron chi connectivity index (χ0n) is 15.0. The summed E-state index contributed by atoms with van der Waals surface area (Å²) in [6.45, 7) is 2.15. The summed E-state index contributed by atoms with van der Waals surface area (Å²) in [6.07, 6.45) is 2.93. The van der Waals surface area contributed by atoms with E-state index < -0.39 is 0 Å². The maximum atomic E-state index is 14.3. The summed E-state index contributed by atoms with van der Waals surface area (Å²) in [4.78, 5) is 16.3. The molecule has 1 atom stereocenters. The molecule has 0 spiro atoms. The molecule has 2 fully saturated rings. The first-order valence-corrected chi connectivity index (χ1v) is 9.71. The van der Waals surface area contributed by atoms with E-state index in [-0.39, 0.29) is 30.1 Å². The first-order valence-electron chi connectivity index (χ1n) is 9.34. The van der Waals surface area contributed by atoms with Gasteiger partial charge < -0.3 is 10.1 Å². The van der Waals surface area contributed by atoms with Crippen molar-refractivity contribution in [3.05, 3.63) is 46.3 Å². The Morgan fingerprint density at radius 3 is 2.78 bits per heavy atom. The molecule has 8 heteroatoms. The van der Waals surface area contributed by atoms with Crippen LogP contribution >= 0.6 is 11.6 Å². The molecule has 2 aliphatic heterocycles. The molecule has 0 saturated carbocycles. The lowest BCUT2D eigenvalue weighted by Gasteiger charge is -2.22. The smallest absolute Gasteiger partial charge is 0.220 e. The van der Waals surface area contributed by atoms with Gasteiger partial charge in [0.05, 0.1) is 6.54 Å². The third-order valence-electron chi connectivity index (χ3n) is 5.30. The molecule has 27 heavy (non-hydrogen) atoms. The largest absolute Gasteiger partial charge is 0.381 e. The van der Waals surface area contributed by atoms with Crippen molar-refractivity contribution in [2.24, 2.45) is 0 Å². The van der Waals surface area contributed by atoms with Gasteiger partial charge in [-0.2, -0.15) is 5.10 Å². The van der Waals surface area contributed by atoms with E-state index in [0.29, 0.717) is 43.2 Å². The Labute approximate surface area is 162 Å². The molecule has 0 unspecified atom stereocenters. The van der Waals surface area contributed by atoms with Gasteiger partial charge in [-0.05, 0) is 31.4 Å². The van der Waals surface area contributed by atoms with Gasteiger partial charge in [-0.3, -0.25) is 4.79 Å². The number of nitrogens with one attached hydrogen (secondary N) is 1. The van der Waals surface area contributed by atoms with Gasteiger partial charge in [0.1, 0.15) is 11.6 Å². The Hall–Kier alpha value is -1.99. The minimum Gasteiger partial charge on any atom is -0.381 e. The van der Waals surface area contributed by atoms with Gasteiger partial charge in [-0.1, -0.05) is 17.7 Å². The number of hydrogen-bond donors (Lipinski definition) is 1. The fourth-order valence-corrected chi connectivity index (χ4v) is 3.93. The number of piperidine rings is 1. The molecule has 4 rings (SSSR count). The molecular formula is C19H22ClFN4O2. The van der Waals surface area contributed by atoms with E-state index in [4.69, 9.17) is 26.4 Å². The highest BCUT2D eigenvalue weighted by Gasteiger charge is 2.28. The molecule has 0 bridgehead atoms. The SMILES string of the molecule is O=C1CC[C@H](c2nc(C3CCOCC3)nn2Cc2c(F)cccc2Cl)CN1. The lowest BCUT2D eigenvalue weighted by Crippen LogP contribution is -2.35. The fourth-order valence-electron chi connectivity index (χ4n) is 3.71. The van der Waals surface area contributed by atoms with Crippen LogP contribution in [0.4, 0.5) is 4.39 Å². The summed E-state index contributed by atoms with van der Waals surface area (Å²) in [5.74, 6) is 1.57. The van der Waals surface area contributed by atoms with E-state index in [1.807, 2.05) is 0 Å². The highest BCUT2D eigenvalue weighted by atomic mass is 35.5. The van der Waals surface area contributed by atoms with E-state index in [2.05, 4.69) is 5.32 Å². The highest BCUT2D eigenvalue weighted by Crippen LogP contribution is 2.29. The number of amides is 1. The molecule has 6 nitrogen and oxygen atoms in total. The molecular weight excluding hydrogens is 371 g/mol. The summed E-state index contributed by atoms with van der Waals surface area (Å²) in [5, 5.41) is 7.99. The van der Waals surface area contributed by atoms with Crippen LogP contribution in [-0.2, 0) is 16.1 Å². The van der Waals surface area contributed by atoms with Gasteiger partial charge in [0.25, 0.3) is 0 Å². The number of rotatable bonds is 4. The van der Waals surface area contributed by atoms with Gasteiger partial charge >= 0.3 is 0 Å². The average molecular weight is 393 g/mol. The van der Waals surface area contributed by atoms with Gasteiger partial charge in [0.2, 0.25) is 5.91 Å². The van der Waals surface area contributed by atoms with E-state index in [0.717, 1.165) is 24.5 Å². The summed E-state index contributed by atoms with van der Waals surface area (Å²) in [5.41, 5.74) is 0.406. The number of hydrogen-bond acceptors (Lipinski definition) is 4. The Balaban J connectivity index is 1.67. The summed E-state index contributed by atoms with van der Waals surface area (Å²) < 4.78 is 21.5. The number of halogens is 2. The van der Waals surface area contributed by atoms with Crippen LogP contribution in [-0.4, -0.2) is 40.4 Å². The average Bonchev–Trinajstić information content (AvgIpc) is 3.10. The maximum absolute atomic E-state index is 14.3. The van der Waals surface area contributed by atoms with Gasteiger partial charge in [0, 0.05) is 48.6 Å². The Kier molecular flexibility index (Phi) is 5.41. The van der Waals surface area contributed by atoms with Crippen LogP contribution in [0.1, 0.15) is 54.7 Å². The van der Waals surface area contributed by atoms with Crippen LogP contribution in [0.25, 0.3) is 0 Å². The minimum absolute atomic E-state index is 0.0547. The maximum Gasteiger partial charge on any atom is 0.220 e. The second kappa shape index (κ2) is 7.94. The predicted octanol–water partition coefficient (Wildman–Crippen LogP) is 3.01. The molecule has 2 aromatic rings. The number of carbonyl (C=O) groups is 1. The number of nitrogens with zero attached hydrogens (tertiary/aromatic N) is 3. The predicted molar refractivity (Wildman–Crippen MR) is 98.3 cm³/mol.